The minimum atomic E-state index is -0.0858. The van der Waals surface area contributed by atoms with Crippen molar-refractivity contribution in [2.24, 2.45) is 0 Å². The number of H-pyrrole nitrogens is 1. The monoisotopic (exact) mass is 359 g/mol. The first-order valence-electron chi connectivity index (χ1n) is 11.2. The van der Waals surface area contributed by atoms with Crippen LogP contribution in [0.25, 0.3) is 0 Å². The van der Waals surface area contributed by atoms with Gasteiger partial charge >= 0.3 is 0 Å². The number of aryl methyl sites for hydroxylation is 1. The molecule has 0 radical (unpaired) electrons. The SMILES string of the molecule is CCCCCCCCCCCCCCCCCc1ncc(C(C)C#N)[nH]1. The Morgan fingerprint density at radius 1 is 0.846 bits per heavy atom. The highest BCUT2D eigenvalue weighted by molar-refractivity contribution is 5.13. The Bertz CT molecular complexity index is 472. The lowest BCUT2D eigenvalue weighted by Gasteiger charge is -2.03. The van der Waals surface area contributed by atoms with Crippen molar-refractivity contribution in [3.63, 3.8) is 0 Å². The van der Waals surface area contributed by atoms with Crippen LogP contribution in [0.15, 0.2) is 6.20 Å². The van der Waals surface area contributed by atoms with Crippen LogP contribution >= 0.6 is 0 Å². The summed E-state index contributed by atoms with van der Waals surface area (Å²) in [5, 5.41) is 8.92. The van der Waals surface area contributed by atoms with Crippen LogP contribution in [0.5, 0.6) is 0 Å². The molecule has 1 atom stereocenters. The average molecular weight is 360 g/mol. The van der Waals surface area contributed by atoms with Crippen LogP contribution in [0, 0.1) is 11.3 Å². The van der Waals surface area contributed by atoms with Crippen molar-refractivity contribution in [2.75, 3.05) is 0 Å². The van der Waals surface area contributed by atoms with Crippen molar-refractivity contribution in [1.82, 2.24) is 9.97 Å². The van der Waals surface area contributed by atoms with E-state index in [1.807, 2.05) is 13.1 Å². The molecule has 0 fully saturated rings. The lowest BCUT2D eigenvalue weighted by atomic mass is 10.0. The first kappa shape index (κ1) is 22.7. The van der Waals surface area contributed by atoms with Gasteiger partial charge in [-0.25, -0.2) is 4.98 Å². The highest BCUT2D eigenvalue weighted by Crippen LogP contribution is 2.15. The topological polar surface area (TPSA) is 52.5 Å². The summed E-state index contributed by atoms with van der Waals surface area (Å²) >= 11 is 0. The summed E-state index contributed by atoms with van der Waals surface area (Å²) in [5.74, 6) is 0.953. The first-order valence-corrected chi connectivity index (χ1v) is 11.2. The normalized spacial score (nSPS) is 12.2. The zero-order valence-corrected chi connectivity index (χ0v) is 17.4. The average Bonchev–Trinajstić information content (AvgIpc) is 3.13. The van der Waals surface area contributed by atoms with E-state index in [1.54, 1.807) is 0 Å². The van der Waals surface area contributed by atoms with E-state index in [0.29, 0.717) is 0 Å². The lowest BCUT2D eigenvalue weighted by Crippen LogP contribution is -1.92. The Morgan fingerprint density at radius 2 is 1.31 bits per heavy atom. The molecule has 0 bridgehead atoms. The third kappa shape index (κ3) is 11.3. The van der Waals surface area contributed by atoms with Gasteiger partial charge in [0, 0.05) is 12.6 Å². The Labute approximate surface area is 162 Å². The third-order valence-electron chi connectivity index (χ3n) is 5.33. The second-order valence-electron chi connectivity index (χ2n) is 7.84. The van der Waals surface area contributed by atoms with E-state index in [0.717, 1.165) is 17.9 Å². The van der Waals surface area contributed by atoms with Crippen LogP contribution in [0.3, 0.4) is 0 Å². The van der Waals surface area contributed by atoms with E-state index in [-0.39, 0.29) is 5.92 Å². The molecule has 3 heteroatoms. The fourth-order valence-electron chi connectivity index (χ4n) is 3.46. The van der Waals surface area contributed by atoms with Gasteiger partial charge in [0.05, 0.1) is 17.7 Å². The van der Waals surface area contributed by atoms with Crippen molar-refractivity contribution in [1.29, 1.82) is 5.26 Å². The van der Waals surface area contributed by atoms with E-state index < -0.39 is 0 Å². The van der Waals surface area contributed by atoms with Crippen molar-refractivity contribution in [3.8, 4) is 6.07 Å². The number of nitriles is 1. The molecule has 26 heavy (non-hydrogen) atoms. The fraction of sp³-hybridized carbons (Fsp3) is 0.826. The van der Waals surface area contributed by atoms with E-state index in [4.69, 9.17) is 5.26 Å². The molecular formula is C23H41N3. The van der Waals surface area contributed by atoms with Crippen LogP contribution in [0.1, 0.15) is 128 Å². The largest absolute Gasteiger partial charge is 0.345 e. The number of unbranched alkanes of at least 4 members (excludes halogenated alkanes) is 14. The molecule has 148 valence electrons. The van der Waals surface area contributed by atoms with E-state index in [9.17, 15) is 0 Å². The molecule has 1 aromatic rings. The van der Waals surface area contributed by atoms with E-state index in [2.05, 4.69) is 23.0 Å². The Morgan fingerprint density at radius 3 is 1.77 bits per heavy atom. The van der Waals surface area contributed by atoms with Crippen LogP contribution < -0.4 is 0 Å². The molecule has 1 N–H and O–H groups in total. The summed E-state index contributed by atoms with van der Waals surface area (Å²) in [6, 6.07) is 2.25. The molecule has 0 saturated heterocycles. The molecule has 0 aliphatic rings. The van der Waals surface area contributed by atoms with Gasteiger partial charge in [0.15, 0.2) is 0 Å². The van der Waals surface area contributed by atoms with Gasteiger partial charge in [0.2, 0.25) is 0 Å². The zero-order chi connectivity index (χ0) is 18.9. The Kier molecular flexibility index (Phi) is 13.9. The van der Waals surface area contributed by atoms with E-state index >= 15 is 0 Å². The van der Waals surface area contributed by atoms with Crippen molar-refractivity contribution >= 4 is 0 Å². The van der Waals surface area contributed by atoms with Crippen molar-refractivity contribution < 1.29 is 0 Å². The molecule has 1 unspecified atom stereocenters. The summed E-state index contributed by atoms with van der Waals surface area (Å²) < 4.78 is 0. The minimum absolute atomic E-state index is 0.0858. The van der Waals surface area contributed by atoms with Gasteiger partial charge in [-0.2, -0.15) is 5.26 Å². The number of aromatic amines is 1. The predicted molar refractivity (Wildman–Crippen MR) is 111 cm³/mol. The number of rotatable bonds is 17. The number of imidazole rings is 1. The third-order valence-corrected chi connectivity index (χ3v) is 5.33. The second-order valence-corrected chi connectivity index (χ2v) is 7.84. The van der Waals surface area contributed by atoms with Gasteiger partial charge in [0.1, 0.15) is 5.82 Å². The quantitative estimate of drug-likeness (QED) is 0.294. The number of hydrogen-bond donors (Lipinski definition) is 1. The van der Waals surface area contributed by atoms with Crippen LogP contribution in [0.4, 0.5) is 0 Å². The highest BCUT2D eigenvalue weighted by Gasteiger charge is 2.07. The van der Waals surface area contributed by atoms with Crippen LogP contribution in [-0.2, 0) is 6.42 Å². The molecule has 0 saturated carbocycles. The van der Waals surface area contributed by atoms with Crippen molar-refractivity contribution in [2.45, 2.75) is 122 Å². The van der Waals surface area contributed by atoms with Gasteiger partial charge in [-0.1, -0.05) is 96.8 Å². The summed E-state index contributed by atoms with van der Waals surface area (Å²) in [6.45, 7) is 4.19. The lowest BCUT2D eigenvalue weighted by molar-refractivity contribution is 0.531. The number of hydrogen-bond acceptors (Lipinski definition) is 2. The maximum absolute atomic E-state index is 8.92. The van der Waals surface area contributed by atoms with Crippen LogP contribution in [0.2, 0.25) is 0 Å². The zero-order valence-electron chi connectivity index (χ0n) is 17.4. The molecule has 0 aromatic carbocycles. The fourth-order valence-corrected chi connectivity index (χ4v) is 3.46. The Hall–Kier alpha value is -1.30. The molecule has 1 aromatic heterocycles. The standard InChI is InChI=1S/C23H41N3/c1-3-4-5-6-7-8-9-10-11-12-13-14-15-16-17-18-23-25-20-22(26-23)21(2)19-24/h20-21H,3-18H2,1-2H3,(H,25,26). The highest BCUT2D eigenvalue weighted by atomic mass is 14.9. The first-order chi connectivity index (χ1) is 12.8. The smallest absolute Gasteiger partial charge is 0.106 e. The summed E-state index contributed by atoms with van der Waals surface area (Å²) in [5.41, 5.74) is 0.948. The summed E-state index contributed by atoms with van der Waals surface area (Å²) in [6.07, 6.45) is 23.8. The molecule has 0 spiro atoms. The van der Waals surface area contributed by atoms with Gasteiger partial charge in [-0.15, -0.1) is 0 Å². The minimum Gasteiger partial charge on any atom is -0.345 e. The van der Waals surface area contributed by atoms with Gasteiger partial charge < -0.3 is 4.98 Å². The van der Waals surface area contributed by atoms with Crippen molar-refractivity contribution in [3.05, 3.63) is 17.7 Å². The van der Waals surface area contributed by atoms with Gasteiger partial charge in [-0.3, -0.25) is 0 Å². The molecule has 1 rings (SSSR count). The van der Waals surface area contributed by atoms with Crippen LogP contribution in [-0.4, -0.2) is 9.97 Å². The second kappa shape index (κ2) is 15.9. The molecule has 0 aliphatic carbocycles. The molecule has 3 nitrogen and oxygen atoms in total. The number of aromatic nitrogens is 2. The molecular weight excluding hydrogens is 318 g/mol. The predicted octanol–water partition coefficient (Wildman–Crippen LogP) is 7.45. The molecule has 1 heterocycles. The van der Waals surface area contributed by atoms with Gasteiger partial charge in [-0.05, 0) is 13.3 Å². The summed E-state index contributed by atoms with van der Waals surface area (Å²) in [7, 11) is 0. The summed E-state index contributed by atoms with van der Waals surface area (Å²) in [4.78, 5) is 7.66. The molecule has 0 amide bonds. The number of nitrogens with one attached hydrogen (secondary N) is 1. The maximum Gasteiger partial charge on any atom is 0.106 e. The Balaban J connectivity index is 1.82. The van der Waals surface area contributed by atoms with E-state index in [1.165, 1.54) is 96.3 Å². The maximum atomic E-state index is 8.92. The number of nitrogens with zero attached hydrogens (tertiary/aromatic N) is 2. The van der Waals surface area contributed by atoms with Gasteiger partial charge in [0.25, 0.3) is 0 Å². The molecule has 0 aliphatic heterocycles.